The number of hydrogen-bond acceptors (Lipinski definition) is 2. The van der Waals surface area contributed by atoms with Crippen molar-refractivity contribution in [3.8, 4) is 0 Å². The van der Waals surface area contributed by atoms with E-state index in [0.29, 0.717) is 5.88 Å². The lowest BCUT2D eigenvalue weighted by atomic mass is 9.99. The number of hydrogen-bond donors (Lipinski definition) is 0. The Hall–Kier alpha value is -0.500. The van der Waals surface area contributed by atoms with Gasteiger partial charge < -0.3 is 4.74 Å². The third-order valence-electron chi connectivity index (χ3n) is 2.21. The molecule has 0 aromatic rings. The van der Waals surface area contributed by atoms with Gasteiger partial charge in [0.2, 0.25) is 0 Å². The minimum absolute atomic E-state index is 0.222. The summed E-state index contributed by atoms with van der Waals surface area (Å²) >= 11 is 5.56. The number of carbonyl (C=O) groups is 1. The highest BCUT2D eigenvalue weighted by atomic mass is 35.5. The first-order valence-corrected chi connectivity index (χ1v) is 5.18. The maximum absolute atomic E-state index is 10.8. The summed E-state index contributed by atoms with van der Waals surface area (Å²) in [5.74, 6) is 0.492. The minimum atomic E-state index is -0.358. The Labute approximate surface area is 83.9 Å². The Morgan fingerprint density at radius 1 is 1.46 bits per heavy atom. The van der Waals surface area contributed by atoms with Crippen molar-refractivity contribution in [3.63, 3.8) is 0 Å². The third kappa shape index (κ3) is 3.39. The van der Waals surface area contributed by atoms with E-state index in [1.165, 1.54) is 6.08 Å². The lowest BCUT2D eigenvalue weighted by molar-refractivity contribution is -0.144. The molecule has 0 bridgehead atoms. The van der Waals surface area contributed by atoms with Crippen molar-refractivity contribution in [2.75, 3.05) is 5.88 Å². The van der Waals surface area contributed by atoms with Crippen LogP contribution in [0.2, 0.25) is 0 Å². The molecule has 0 radical (unpaired) electrons. The molecule has 2 nitrogen and oxygen atoms in total. The zero-order valence-corrected chi connectivity index (χ0v) is 8.64. The van der Waals surface area contributed by atoms with Crippen molar-refractivity contribution in [2.45, 2.75) is 38.2 Å². The van der Waals surface area contributed by atoms with Gasteiger partial charge in [0, 0.05) is 12.0 Å². The second-order valence-corrected chi connectivity index (χ2v) is 3.94. The van der Waals surface area contributed by atoms with E-state index >= 15 is 0 Å². The first kappa shape index (κ1) is 10.6. The number of halogens is 1. The van der Waals surface area contributed by atoms with E-state index in [4.69, 9.17) is 16.3 Å². The molecule has 0 saturated heterocycles. The number of cyclic esters (lactones) is 1. The van der Waals surface area contributed by atoms with Gasteiger partial charge in [-0.3, -0.25) is 0 Å². The molecular formula is C10H15ClO2. The normalized spacial score (nSPS) is 26.5. The van der Waals surface area contributed by atoms with Crippen molar-refractivity contribution in [2.24, 2.45) is 0 Å². The second-order valence-electron chi connectivity index (χ2n) is 3.57. The molecule has 1 atom stereocenters. The predicted molar refractivity (Wildman–Crippen MR) is 52.8 cm³/mol. The van der Waals surface area contributed by atoms with Crippen LogP contribution >= 0.6 is 11.6 Å². The van der Waals surface area contributed by atoms with Crippen LogP contribution in [-0.4, -0.2) is 17.5 Å². The summed E-state index contributed by atoms with van der Waals surface area (Å²) in [4.78, 5) is 10.8. The molecular weight excluding hydrogens is 188 g/mol. The average molecular weight is 203 g/mol. The molecule has 0 N–H and O–H groups in total. The van der Waals surface area contributed by atoms with Crippen molar-refractivity contribution >= 4 is 17.6 Å². The molecule has 1 unspecified atom stereocenters. The van der Waals surface area contributed by atoms with Crippen LogP contribution in [0.25, 0.3) is 0 Å². The number of ether oxygens (including phenoxy) is 1. The number of unbranched alkanes of at least 4 members (excludes halogenated alkanes) is 2. The number of alkyl halides is 1. The van der Waals surface area contributed by atoms with Crippen LogP contribution in [0.1, 0.15) is 32.6 Å². The van der Waals surface area contributed by atoms with Crippen LogP contribution in [0.15, 0.2) is 12.2 Å². The highest BCUT2D eigenvalue weighted by Crippen LogP contribution is 2.25. The van der Waals surface area contributed by atoms with Gasteiger partial charge in [0.05, 0.1) is 0 Å². The maximum Gasteiger partial charge on any atom is 0.331 e. The first-order valence-electron chi connectivity index (χ1n) is 4.64. The quantitative estimate of drug-likeness (QED) is 0.389. The molecule has 1 rings (SSSR count). The second kappa shape index (κ2) is 4.66. The van der Waals surface area contributed by atoms with Crippen molar-refractivity contribution in [1.29, 1.82) is 0 Å². The van der Waals surface area contributed by atoms with E-state index in [1.807, 2.05) is 13.0 Å². The largest absolute Gasteiger partial charge is 0.452 e. The Bertz CT molecular complexity index is 213. The minimum Gasteiger partial charge on any atom is -0.452 e. The third-order valence-corrected chi connectivity index (χ3v) is 2.48. The molecule has 0 amide bonds. The molecule has 13 heavy (non-hydrogen) atoms. The molecule has 3 heteroatoms. The fraction of sp³-hybridized carbons (Fsp3) is 0.700. The molecule has 0 saturated carbocycles. The zero-order valence-electron chi connectivity index (χ0n) is 7.88. The van der Waals surface area contributed by atoms with Crippen molar-refractivity contribution in [3.05, 3.63) is 12.2 Å². The average Bonchev–Trinajstić information content (AvgIpc) is 2.41. The molecule has 74 valence electrons. The fourth-order valence-electron chi connectivity index (χ4n) is 1.42. The summed E-state index contributed by atoms with van der Waals surface area (Å²) in [6.07, 6.45) is 7.43. The van der Waals surface area contributed by atoms with Gasteiger partial charge in [-0.25, -0.2) is 4.79 Å². The Kier molecular flexibility index (Phi) is 3.79. The monoisotopic (exact) mass is 202 g/mol. The lowest BCUT2D eigenvalue weighted by Crippen LogP contribution is -2.23. The van der Waals surface area contributed by atoms with Gasteiger partial charge in [-0.05, 0) is 32.3 Å². The molecule has 0 aromatic heterocycles. The SMILES string of the molecule is CC1(CCCCCCl)C=CC(=O)O1. The van der Waals surface area contributed by atoms with Crippen LogP contribution in [-0.2, 0) is 9.53 Å². The first-order chi connectivity index (χ1) is 6.16. The van der Waals surface area contributed by atoms with Crippen LogP contribution < -0.4 is 0 Å². The van der Waals surface area contributed by atoms with Crippen LogP contribution in [0, 0.1) is 0 Å². The van der Waals surface area contributed by atoms with Gasteiger partial charge >= 0.3 is 5.97 Å². The molecule has 1 aliphatic heterocycles. The molecule has 1 aliphatic rings. The Balaban J connectivity index is 2.21. The highest BCUT2D eigenvalue weighted by molar-refractivity contribution is 6.17. The summed E-state index contributed by atoms with van der Waals surface area (Å²) in [5.41, 5.74) is -0.358. The molecule has 1 heterocycles. The predicted octanol–water partition coefficient (Wildman–Crippen LogP) is 2.66. The van der Waals surface area contributed by atoms with Crippen LogP contribution in [0.4, 0.5) is 0 Å². The van der Waals surface area contributed by atoms with Gasteiger partial charge in [0.25, 0.3) is 0 Å². The van der Waals surface area contributed by atoms with Gasteiger partial charge in [0.15, 0.2) is 0 Å². The van der Waals surface area contributed by atoms with Crippen molar-refractivity contribution in [1.82, 2.24) is 0 Å². The van der Waals surface area contributed by atoms with E-state index in [2.05, 4.69) is 0 Å². The van der Waals surface area contributed by atoms with Gasteiger partial charge in [-0.1, -0.05) is 6.42 Å². The number of rotatable bonds is 5. The summed E-state index contributed by atoms with van der Waals surface area (Å²) in [7, 11) is 0. The standard InChI is InChI=1S/C10H15ClO2/c1-10(6-3-2-4-8-11)7-5-9(12)13-10/h5,7H,2-4,6,8H2,1H3. The van der Waals surface area contributed by atoms with E-state index < -0.39 is 0 Å². The zero-order chi connectivity index (χ0) is 9.73. The van der Waals surface area contributed by atoms with Gasteiger partial charge in [0.1, 0.15) is 5.60 Å². The summed E-state index contributed by atoms with van der Waals surface area (Å²) in [6, 6.07) is 0. The molecule has 0 spiro atoms. The summed E-state index contributed by atoms with van der Waals surface area (Å²) in [6.45, 7) is 1.94. The van der Waals surface area contributed by atoms with E-state index in [0.717, 1.165) is 25.7 Å². The molecule has 0 aromatic carbocycles. The fourth-order valence-corrected chi connectivity index (χ4v) is 1.61. The summed E-state index contributed by atoms with van der Waals surface area (Å²) < 4.78 is 5.15. The molecule has 0 fully saturated rings. The van der Waals surface area contributed by atoms with Gasteiger partial charge in [-0.2, -0.15) is 0 Å². The van der Waals surface area contributed by atoms with E-state index in [9.17, 15) is 4.79 Å². The van der Waals surface area contributed by atoms with Crippen molar-refractivity contribution < 1.29 is 9.53 Å². The molecule has 0 aliphatic carbocycles. The van der Waals surface area contributed by atoms with Crippen LogP contribution in [0.3, 0.4) is 0 Å². The topological polar surface area (TPSA) is 26.3 Å². The van der Waals surface area contributed by atoms with E-state index in [1.54, 1.807) is 0 Å². The van der Waals surface area contributed by atoms with Crippen LogP contribution in [0.5, 0.6) is 0 Å². The lowest BCUT2D eigenvalue weighted by Gasteiger charge is -2.20. The van der Waals surface area contributed by atoms with Gasteiger partial charge in [-0.15, -0.1) is 11.6 Å². The Morgan fingerprint density at radius 2 is 2.23 bits per heavy atom. The Morgan fingerprint density at radius 3 is 2.77 bits per heavy atom. The number of esters is 1. The smallest absolute Gasteiger partial charge is 0.331 e. The summed E-state index contributed by atoms with van der Waals surface area (Å²) in [5, 5.41) is 0. The van der Waals surface area contributed by atoms with E-state index in [-0.39, 0.29) is 11.6 Å². The maximum atomic E-state index is 10.8. The number of carbonyl (C=O) groups excluding carboxylic acids is 1. The highest BCUT2D eigenvalue weighted by Gasteiger charge is 2.29.